The number of nitrogens with zero attached hydrogens (tertiary/aromatic N) is 2. The van der Waals surface area contributed by atoms with Crippen LogP contribution in [0.15, 0.2) is 53.1 Å². The van der Waals surface area contributed by atoms with Crippen molar-refractivity contribution in [1.29, 1.82) is 0 Å². The van der Waals surface area contributed by atoms with Gasteiger partial charge in [0, 0.05) is 19.2 Å². The van der Waals surface area contributed by atoms with Crippen LogP contribution in [0.5, 0.6) is 0 Å². The Morgan fingerprint density at radius 1 is 1.10 bits per heavy atom. The second kappa shape index (κ2) is 10.1. The molecule has 1 aromatic heterocycles. The molecule has 1 aliphatic heterocycles. The topological polar surface area (TPSA) is 63.0 Å². The number of carbonyl (C=O) groups excluding carboxylic acids is 2. The molecule has 1 aromatic carbocycles. The predicted molar refractivity (Wildman–Crippen MR) is 117 cm³/mol. The molecule has 2 fully saturated rings. The first-order valence-electron chi connectivity index (χ1n) is 11.4. The smallest absolute Gasteiger partial charge is 0.242 e. The van der Waals surface area contributed by atoms with Crippen LogP contribution in [0.3, 0.4) is 0 Å². The Hall–Kier alpha value is -2.60. The van der Waals surface area contributed by atoms with Gasteiger partial charge in [0.1, 0.15) is 12.3 Å². The van der Waals surface area contributed by atoms with E-state index in [1.54, 1.807) is 11.2 Å². The first kappa shape index (κ1) is 21.6. The summed E-state index contributed by atoms with van der Waals surface area (Å²) < 4.78 is 11.3. The van der Waals surface area contributed by atoms with Crippen LogP contribution in [-0.4, -0.2) is 53.5 Å². The molecule has 31 heavy (non-hydrogen) atoms. The van der Waals surface area contributed by atoms with Gasteiger partial charge in [0.15, 0.2) is 0 Å². The lowest BCUT2D eigenvalue weighted by molar-refractivity contribution is -0.143. The fraction of sp³-hybridized carbons (Fsp3) is 0.520. The van der Waals surface area contributed by atoms with Crippen LogP contribution in [-0.2, 0) is 20.9 Å². The Kier molecular flexibility index (Phi) is 7.07. The van der Waals surface area contributed by atoms with Gasteiger partial charge in [-0.25, -0.2) is 0 Å². The maximum atomic E-state index is 13.5. The maximum absolute atomic E-state index is 13.5. The van der Waals surface area contributed by atoms with Crippen molar-refractivity contribution in [2.45, 2.75) is 63.6 Å². The van der Waals surface area contributed by atoms with Crippen LogP contribution in [0, 0.1) is 0 Å². The molecule has 2 heterocycles. The summed E-state index contributed by atoms with van der Waals surface area (Å²) in [6.07, 6.45) is 6.30. The van der Waals surface area contributed by atoms with Crippen LogP contribution in [0.1, 0.15) is 56.3 Å². The fourth-order valence-corrected chi connectivity index (χ4v) is 4.34. The van der Waals surface area contributed by atoms with Crippen LogP contribution in [0.4, 0.5) is 0 Å². The predicted octanol–water partition coefficient (Wildman–Crippen LogP) is 3.97. The maximum Gasteiger partial charge on any atom is 0.242 e. The Bertz CT molecular complexity index is 842. The molecule has 1 aliphatic carbocycles. The van der Waals surface area contributed by atoms with Crippen molar-refractivity contribution in [3.63, 3.8) is 0 Å². The number of hydrogen-bond acceptors (Lipinski definition) is 4. The second-order valence-electron chi connectivity index (χ2n) is 8.56. The highest BCUT2D eigenvalue weighted by Gasteiger charge is 2.38. The van der Waals surface area contributed by atoms with E-state index in [0.717, 1.165) is 43.6 Å². The van der Waals surface area contributed by atoms with E-state index in [0.29, 0.717) is 19.5 Å². The molecule has 1 saturated carbocycles. The van der Waals surface area contributed by atoms with Crippen molar-refractivity contribution >= 4 is 11.8 Å². The number of hydrogen-bond donors (Lipinski definition) is 0. The largest absolute Gasteiger partial charge is 0.467 e. The van der Waals surface area contributed by atoms with E-state index in [4.69, 9.17) is 9.15 Å². The zero-order valence-electron chi connectivity index (χ0n) is 18.2. The Morgan fingerprint density at radius 3 is 2.52 bits per heavy atom. The molecule has 2 atom stereocenters. The lowest BCUT2D eigenvalue weighted by atomic mass is 9.95. The molecule has 2 aromatic rings. The molecule has 0 bridgehead atoms. The second-order valence-corrected chi connectivity index (χ2v) is 8.56. The molecule has 2 aliphatic rings. The van der Waals surface area contributed by atoms with E-state index in [-0.39, 0.29) is 36.4 Å². The molecule has 0 N–H and O–H groups in total. The standard InChI is InChI=1S/C25H32N2O4/c1-2-23(19-8-4-3-5-9-19)25(29)27(20-12-13-20)18-24(28)26(16-21-10-6-14-30-21)17-22-11-7-15-31-22/h3-6,8-10,14,20,22-23H,2,7,11-13,15-18H2,1H3/t22-,23+/m1/s1. The Labute approximate surface area is 184 Å². The zero-order valence-corrected chi connectivity index (χ0v) is 18.2. The van der Waals surface area contributed by atoms with E-state index in [2.05, 4.69) is 0 Å². The third-order valence-electron chi connectivity index (χ3n) is 6.21. The van der Waals surface area contributed by atoms with E-state index in [9.17, 15) is 9.59 Å². The van der Waals surface area contributed by atoms with E-state index in [1.807, 2.05) is 54.3 Å². The highest BCUT2D eigenvalue weighted by Crippen LogP contribution is 2.31. The van der Waals surface area contributed by atoms with Gasteiger partial charge in [-0.05, 0) is 49.8 Å². The fourth-order valence-electron chi connectivity index (χ4n) is 4.34. The SMILES string of the molecule is CC[C@H](C(=O)N(CC(=O)N(Cc1ccco1)C[C@H]1CCCO1)C1CC1)c1ccccc1. The van der Waals surface area contributed by atoms with E-state index in [1.165, 1.54) is 0 Å². The van der Waals surface area contributed by atoms with Crippen molar-refractivity contribution in [3.05, 3.63) is 60.1 Å². The summed E-state index contributed by atoms with van der Waals surface area (Å²) in [5, 5.41) is 0. The molecule has 0 radical (unpaired) electrons. The number of carbonyl (C=O) groups is 2. The van der Waals surface area contributed by atoms with Crippen LogP contribution in [0.25, 0.3) is 0 Å². The summed E-state index contributed by atoms with van der Waals surface area (Å²) in [6, 6.07) is 13.8. The normalized spacial score (nSPS) is 19.2. The molecular formula is C25H32N2O4. The van der Waals surface area contributed by atoms with Crippen molar-refractivity contribution in [2.24, 2.45) is 0 Å². The Balaban J connectivity index is 1.48. The van der Waals surface area contributed by atoms with Crippen LogP contribution in [0.2, 0.25) is 0 Å². The minimum absolute atomic E-state index is 0.0462. The van der Waals surface area contributed by atoms with Crippen molar-refractivity contribution < 1.29 is 18.7 Å². The van der Waals surface area contributed by atoms with Gasteiger partial charge < -0.3 is 19.0 Å². The van der Waals surface area contributed by atoms with Gasteiger partial charge in [0.2, 0.25) is 11.8 Å². The molecule has 0 unspecified atom stereocenters. The van der Waals surface area contributed by atoms with Gasteiger partial charge >= 0.3 is 0 Å². The zero-order chi connectivity index (χ0) is 21.6. The first-order valence-corrected chi connectivity index (χ1v) is 11.4. The average Bonchev–Trinajstić information content (AvgIpc) is 3.24. The lowest BCUT2D eigenvalue weighted by Crippen LogP contribution is -2.47. The third-order valence-corrected chi connectivity index (χ3v) is 6.21. The lowest BCUT2D eigenvalue weighted by Gasteiger charge is -2.31. The number of ether oxygens (including phenoxy) is 1. The van der Waals surface area contributed by atoms with Crippen molar-refractivity contribution in [3.8, 4) is 0 Å². The van der Waals surface area contributed by atoms with Crippen LogP contribution >= 0.6 is 0 Å². The molecule has 4 rings (SSSR count). The quantitative estimate of drug-likeness (QED) is 0.579. The van der Waals surface area contributed by atoms with Crippen molar-refractivity contribution in [1.82, 2.24) is 9.80 Å². The van der Waals surface area contributed by atoms with E-state index < -0.39 is 0 Å². The van der Waals surface area contributed by atoms with Gasteiger partial charge in [-0.15, -0.1) is 0 Å². The van der Waals surface area contributed by atoms with Gasteiger partial charge in [-0.1, -0.05) is 37.3 Å². The highest BCUT2D eigenvalue weighted by molar-refractivity contribution is 5.89. The molecular weight excluding hydrogens is 392 g/mol. The third kappa shape index (κ3) is 5.56. The minimum Gasteiger partial charge on any atom is -0.467 e. The summed E-state index contributed by atoms with van der Waals surface area (Å²) in [4.78, 5) is 30.5. The van der Waals surface area contributed by atoms with Gasteiger partial charge in [0.25, 0.3) is 0 Å². The summed E-state index contributed by atoms with van der Waals surface area (Å²) >= 11 is 0. The number of amides is 2. The summed E-state index contributed by atoms with van der Waals surface area (Å²) in [5.41, 5.74) is 1.01. The van der Waals surface area contributed by atoms with E-state index >= 15 is 0 Å². The van der Waals surface area contributed by atoms with Crippen molar-refractivity contribution in [2.75, 3.05) is 19.7 Å². The molecule has 166 valence electrons. The number of furan rings is 1. The number of benzene rings is 1. The average molecular weight is 425 g/mol. The van der Waals surface area contributed by atoms with Gasteiger partial charge in [-0.2, -0.15) is 0 Å². The highest BCUT2D eigenvalue weighted by atomic mass is 16.5. The monoisotopic (exact) mass is 424 g/mol. The molecule has 1 saturated heterocycles. The first-order chi connectivity index (χ1) is 15.2. The summed E-state index contributed by atoms with van der Waals surface area (Å²) in [5.74, 6) is 0.535. The minimum atomic E-state index is -0.216. The van der Waals surface area contributed by atoms with Crippen LogP contribution < -0.4 is 0 Å². The number of rotatable bonds is 10. The summed E-state index contributed by atoms with van der Waals surface area (Å²) in [7, 11) is 0. The molecule has 6 nitrogen and oxygen atoms in total. The Morgan fingerprint density at radius 2 is 1.90 bits per heavy atom. The van der Waals surface area contributed by atoms with Gasteiger partial charge in [-0.3, -0.25) is 9.59 Å². The molecule has 6 heteroatoms. The molecule has 0 spiro atoms. The molecule has 2 amide bonds. The summed E-state index contributed by atoms with van der Waals surface area (Å²) in [6.45, 7) is 3.81. The van der Waals surface area contributed by atoms with Gasteiger partial charge in [0.05, 0.1) is 24.8 Å².